The number of aliphatic carboxylic acids is 1. The van der Waals surface area contributed by atoms with Gasteiger partial charge < -0.3 is 19.3 Å². The number of carboxylic acids is 1. The second-order valence-corrected chi connectivity index (χ2v) is 4.79. The first-order chi connectivity index (χ1) is 10.8. The predicted octanol–water partition coefficient (Wildman–Crippen LogP) is 2.47. The maximum absolute atomic E-state index is 10.2. The molecule has 0 spiro atoms. The second-order valence-electron chi connectivity index (χ2n) is 4.79. The number of benzene rings is 2. The summed E-state index contributed by atoms with van der Waals surface area (Å²) < 4.78 is 15.7. The van der Waals surface area contributed by atoms with Crippen LogP contribution in [-0.2, 0) is 25.6 Å². The molecule has 0 aliphatic carbocycles. The van der Waals surface area contributed by atoms with E-state index in [1.54, 1.807) is 0 Å². The highest BCUT2D eigenvalue weighted by molar-refractivity contribution is 5.82. The Hall–Kier alpha value is -1.95. The van der Waals surface area contributed by atoms with Crippen molar-refractivity contribution in [1.82, 2.24) is 0 Å². The Labute approximate surface area is 129 Å². The molecule has 0 fully saturated rings. The number of ether oxygens (including phenoxy) is 3. The quantitative estimate of drug-likeness (QED) is 0.683. The van der Waals surface area contributed by atoms with Gasteiger partial charge in [0.1, 0.15) is 6.61 Å². The van der Waals surface area contributed by atoms with Gasteiger partial charge in [-0.25, -0.2) is 4.79 Å². The summed E-state index contributed by atoms with van der Waals surface area (Å²) in [6, 6.07) is 14.5. The van der Waals surface area contributed by atoms with Gasteiger partial charge in [0.05, 0.1) is 33.0 Å². The van der Waals surface area contributed by atoms with Crippen molar-refractivity contribution >= 4 is 16.7 Å². The first-order valence-corrected chi connectivity index (χ1v) is 7.18. The summed E-state index contributed by atoms with van der Waals surface area (Å²) in [6.45, 7) is 1.85. The largest absolute Gasteiger partial charge is 0.480 e. The lowest BCUT2D eigenvalue weighted by Gasteiger charge is -2.07. The van der Waals surface area contributed by atoms with E-state index in [0.29, 0.717) is 26.4 Å². The van der Waals surface area contributed by atoms with Gasteiger partial charge in [-0.15, -0.1) is 0 Å². The van der Waals surface area contributed by atoms with E-state index in [1.165, 1.54) is 10.8 Å². The van der Waals surface area contributed by atoms with Crippen LogP contribution in [0.4, 0.5) is 0 Å². The van der Waals surface area contributed by atoms with Crippen molar-refractivity contribution in [2.24, 2.45) is 0 Å². The second kappa shape index (κ2) is 9.15. The zero-order valence-electron chi connectivity index (χ0n) is 12.4. The van der Waals surface area contributed by atoms with Gasteiger partial charge in [-0.3, -0.25) is 0 Å². The molecule has 0 saturated carbocycles. The lowest BCUT2D eigenvalue weighted by atomic mass is 10.1. The van der Waals surface area contributed by atoms with Gasteiger partial charge in [0.15, 0.2) is 0 Å². The fraction of sp³-hybridized carbons (Fsp3) is 0.353. The van der Waals surface area contributed by atoms with Crippen LogP contribution in [0.5, 0.6) is 0 Å². The summed E-state index contributed by atoms with van der Waals surface area (Å²) in [4.78, 5) is 10.2. The fourth-order valence-electron chi connectivity index (χ4n) is 2.02. The number of fused-ring (bicyclic) bond motifs is 1. The third-order valence-corrected chi connectivity index (χ3v) is 3.05. The number of carbonyl (C=O) groups is 1. The number of hydrogen-bond acceptors (Lipinski definition) is 4. The molecule has 0 aliphatic heterocycles. The predicted molar refractivity (Wildman–Crippen MR) is 82.9 cm³/mol. The Morgan fingerprint density at radius 3 is 2.32 bits per heavy atom. The molecular weight excluding hydrogens is 284 g/mol. The summed E-state index contributed by atoms with van der Waals surface area (Å²) >= 11 is 0. The van der Waals surface area contributed by atoms with E-state index in [9.17, 15) is 4.79 Å². The van der Waals surface area contributed by atoms with Crippen LogP contribution in [0.15, 0.2) is 42.5 Å². The van der Waals surface area contributed by atoms with Crippen molar-refractivity contribution in [3.8, 4) is 0 Å². The van der Waals surface area contributed by atoms with Crippen LogP contribution < -0.4 is 0 Å². The molecule has 118 valence electrons. The molecule has 2 aromatic rings. The van der Waals surface area contributed by atoms with Crippen molar-refractivity contribution in [3.05, 3.63) is 48.0 Å². The van der Waals surface area contributed by atoms with Crippen LogP contribution in [0.2, 0.25) is 0 Å². The zero-order chi connectivity index (χ0) is 15.6. The Morgan fingerprint density at radius 2 is 1.55 bits per heavy atom. The normalized spacial score (nSPS) is 10.9. The average molecular weight is 304 g/mol. The van der Waals surface area contributed by atoms with Gasteiger partial charge in [0.2, 0.25) is 0 Å². The van der Waals surface area contributed by atoms with E-state index in [2.05, 4.69) is 30.3 Å². The maximum atomic E-state index is 10.2. The third kappa shape index (κ3) is 5.81. The SMILES string of the molecule is O=C(O)COCCOCCOCc1ccc2ccccc2c1. The third-order valence-electron chi connectivity index (χ3n) is 3.05. The Balaban J connectivity index is 1.57. The standard InChI is InChI=1S/C17H20O5/c18-17(19)13-22-10-8-20-7-9-21-12-14-5-6-15-3-1-2-4-16(15)11-14/h1-6,11H,7-10,12-13H2,(H,18,19). The van der Waals surface area contributed by atoms with E-state index in [4.69, 9.17) is 19.3 Å². The minimum absolute atomic E-state index is 0.275. The zero-order valence-corrected chi connectivity index (χ0v) is 12.4. The van der Waals surface area contributed by atoms with Gasteiger partial charge in [0, 0.05) is 0 Å². The number of rotatable bonds is 10. The molecule has 2 rings (SSSR count). The highest BCUT2D eigenvalue weighted by Crippen LogP contribution is 2.16. The number of hydrogen-bond donors (Lipinski definition) is 1. The van der Waals surface area contributed by atoms with Crippen LogP contribution in [0.1, 0.15) is 5.56 Å². The van der Waals surface area contributed by atoms with Gasteiger partial charge in [-0.1, -0.05) is 36.4 Å². The van der Waals surface area contributed by atoms with Crippen LogP contribution in [0, 0.1) is 0 Å². The molecule has 0 saturated heterocycles. The molecule has 0 aliphatic rings. The fourth-order valence-corrected chi connectivity index (χ4v) is 2.02. The topological polar surface area (TPSA) is 65.0 Å². The Morgan fingerprint density at radius 1 is 0.864 bits per heavy atom. The molecule has 0 aromatic heterocycles. The summed E-state index contributed by atoms with van der Waals surface area (Å²) in [5, 5.41) is 10.8. The molecule has 22 heavy (non-hydrogen) atoms. The van der Waals surface area contributed by atoms with Crippen LogP contribution >= 0.6 is 0 Å². The van der Waals surface area contributed by atoms with Gasteiger partial charge in [0.25, 0.3) is 0 Å². The minimum Gasteiger partial charge on any atom is -0.480 e. The van der Waals surface area contributed by atoms with Crippen LogP contribution in [0.25, 0.3) is 10.8 Å². The molecule has 0 radical (unpaired) electrons. The summed E-state index contributed by atoms with van der Waals surface area (Å²) in [7, 11) is 0. The van der Waals surface area contributed by atoms with Crippen molar-refractivity contribution < 1.29 is 24.1 Å². The molecule has 0 amide bonds. The Kier molecular flexibility index (Phi) is 6.83. The van der Waals surface area contributed by atoms with E-state index in [1.807, 2.05) is 12.1 Å². The monoisotopic (exact) mass is 304 g/mol. The summed E-state index contributed by atoms with van der Waals surface area (Å²) in [6.07, 6.45) is 0. The van der Waals surface area contributed by atoms with E-state index < -0.39 is 5.97 Å². The summed E-state index contributed by atoms with van der Waals surface area (Å²) in [5.41, 5.74) is 1.13. The molecule has 0 bridgehead atoms. The van der Waals surface area contributed by atoms with Crippen LogP contribution in [0.3, 0.4) is 0 Å². The minimum atomic E-state index is -0.973. The Bertz CT molecular complexity index is 596. The lowest BCUT2D eigenvalue weighted by molar-refractivity contribution is -0.142. The van der Waals surface area contributed by atoms with E-state index >= 15 is 0 Å². The molecule has 0 heterocycles. The number of carboxylic acid groups (broad SMARTS) is 1. The highest BCUT2D eigenvalue weighted by atomic mass is 16.5. The molecule has 1 N–H and O–H groups in total. The van der Waals surface area contributed by atoms with Gasteiger partial charge >= 0.3 is 5.97 Å². The smallest absolute Gasteiger partial charge is 0.329 e. The first-order valence-electron chi connectivity index (χ1n) is 7.18. The van der Waals surface area contributed by atoms with Gasteiger partial charge in [-0.05, 0) is 22.4 Å². The van der Waals surface area contributed by atoms with Crippen LogP contribution in [-0.4, -0.2) is 44.1 Å². The maximum Gasteiger partial charge on any atom is 0.329 e. The van der Waals surface area contributed by atoms with Gasteiger partial charge in [-0.2, -0.15) is 0 Å². The molecular formula is C17H20O5. The van der Waals surface area contributed by atoms with E-state index in [0.717, 1.165) is 5.56 Å². The highest BCUT2D eigenvalue weighted by Gasteiger charge is 1.98. The van der Waals surface area contributed by atoms with E-state index in [-0.39, 0.29) is 13.2 Å². The lowest BCUT2D eigenvalue weighted by Crippen LogP contribution is -2.13. The summed E-state index contributed by atoms with van der Waals surface area (Å²) in [5.74, 6) is -0.973. The van der Waals surface area contributed by atoms with Crippen molar-refractivity contribution in [2.45, 2.75) is 6.61 Å². The van der Waals surface area contributed by atoms with Crippen molar-refractivity contribution in [3.63, 3.8) is 0 Å². The van der Waals surface area contributed by atoms with Crippen molar-refractivity contribution in [1.29, 1.82) is 0 Å². The molecule has 0 unspecified atom stereocenters. The van der Waals surface area contributed by atoms with Crippen molar-refractivity contribution in [2.75, 3.05) is 33.0 Å². The molecule has 2 aromatic carbocycles. The average Bonchev–Trinajstić information content (AvgIpc) is 2.53. The molecule has 5 heteroatoms. The first kappa shape index (κ1) is 16.4. The molecule has 5 nitrogen and oxygen atoms in total. The molecule has 0 atom stereocenters.